The largest absolute Gasteiger partial charge is 0.494 e. The van der Waals surface area contributed by atoms with Crippen molar-refractivity contribution in [3.63, 3.8) is 0 Å². The second-order valence-corrected chi connectivity index (χ2v) is 9.87. The lowest BCUT2D eigenvalue weighted by Gasteiger charge is -2.16. The van der Waals surface area contributed by atoms with E-state index in [0.717, 1.165) is 37.8 Å². The van der Waals surface area contributed by atoms with Crippen LogP contribution in [0.4, 0.5) is 5.69 Å². The fourth-order valence-corrected chi connectivity index (χ4v) is 4.12. The van der Waals surface area contributed by atoms with E-state index in [1.54, 1.807) is 24.3 Å². The van der Waals surface area contributed by atoms with Gasteiger partial charge in [0.25, 0.3) is 5.91 Å². The second-order valence-electron chi connectivity index (χ2n) is 9.87. The van der Waals surface area contributed by atoms with E-state index in [1.165, 1.54) is 5.69 Å². The zero-order chi connectivity index (χ0) is 28.7. The smallest absolute Gasteiger partial charge is 0.251 e. The number of hydrogen-bond acceptors (Lipinski definition) is 5. The number of rotatable bonds is 16. The number of benzene rings is 2. The number of carbonyl (C=O) groups excluding carboxylic acids is 3. The minimum Gasteiger partial charge on any atom is -0.494 e. The van der Waals surface area contributed by atoms with Gasteiger partial charge in [-0.25, -0.2) is 4.57 Å². The number of nitrogens with zero attached hydrogens (tertiary/aromatic N) is 2. The Morgan fingerprint density at radius 1 is 0.900 bits per heavy atom. The van der Waals surface area contributed by atoms with Gasteiger partial charge in [0.05, 0.1) is 13.2 Å². The van der Waals surface area contributed by atoms with E-state index in [1.807, 2.05) is 44.4 Å². The minimum absolute atomic E-state index is 0.268. The molecular weight excluding hydrogens is 506 g/mol. The SMILES string of the molecule is CN(C)c1cc[n+](CCCCCCOc2ccc(C(=O)NCC(=O)N[C@@H](Cc3ccccc3)C(N)=O)cc2)cc1. The zero-order valence-corrected chi connectivity index (χ0v) is 23.3. The molecule has 0 saturated carbocycles. The van der Waals surface area contributed by atoms with Crippen molar-refractivity contribution in [2.45, 2.75) is 44.7 Å². The molecule has 212 valence electrons. The van der Waals surface area contributed by atoms with E-state index in [4.69, 9.17) is 10.5 Å². The van der Waals surface area contributed by atoms with Crippen molar-refractivity contribution in [2.24, 2.45) is 5.73 Å². The maximum absolute atomic E-state index is 12.5. The van der Waals surface area contributed by atoms with E-state index >= 15 is 0 Å². The molecule has 9 nitrogen and oxygen atoms in total. The first-order chi connectivity index (χ1) is 19.3. The number of primary amides is 1. The monoisotopic (exact) mass is 546 g/mol. The molecular formula is C31H40N5O4+. The number of nitrogens with one attached hydrogen (secondary N) is 2. The molecule has 0 aliphatic rings. The normalized spacial score (nSPS) is 11.3. The average Bonchev–Trinajstić information content (AvgIpc) is 2.96. The Bertz CT molecular complexity index is 1210. The van der Waals surface area contributed by atoms with Crippen LogP contribution in [-0.4, -0.2) is 51.0 Å². The molecule has 40 heavy (non-hydrogen) atoms. The summed E-state index contributed by atoms with van der Waals surface area (Å²) in [6.07, 6.45) is 8.79. The van der Waals surface area contributed by atoms with Crippen molar-refractivity contribution in [2.75, 3.05) is 32.1 Å². The summed E-state index contributed by atoms with van der Waals surface area (Å²) in [5.74, 6) is -0.830. The Morgan fingerprint density at radius 3 is 2.23 bits per heavy atom. The molecule has 0 fully saturated rings. The lowest BCUT2D eigenvalue weighted by atomic mass is 10.1. The average molecular weight is 547 g/mol. The maximum atomic E-state index is 12.5. The molecule has 9 heteroatoms. The number of ether oxygens (including phenoxy) is 1. The molecule has 1 atom stereocenters. The molecule has 3 rings (SSSR count). The number of unbranched alkanes of at least 4 members (excludes halogenated alkanes) is 3. The van der Waals surface area contributed by atoms with Gasteiger partial charge < -0.3 is 26.0 Å². The summed E-state index contributed by atoms with van der Waals surface area (Å²) in [7, 11) is 4.07. The van der Waals surface area contributed by atoms with Crippen LogP contribution in [0.25, 0.3) is 0 Å². The summed E-state index contributed by atoms with van der Waals surface area (Å²) in [5, 5.41) is 5.15. The molecule has 3 aromatic rings. The first kappa shape index (κ1) is 30.1. The Labute approximate surface area is 236 Å². The molecule has 0 saturated heterocycles. The minimum atomic E-state index is -0.859. The van der Waals surface area contributed by atoms with E-state index in [0.29, 0.717) is 17.9 Å². The lowest BCUT2D eigenvalue weighted by molar-refractivity contribution is -0.697. The Balaban J connectivity index is 1.30. The van der Waals surface area contributed by atoms with Gasteiger partial charge in [-0.05, 0) is 49.1 Å². The van der Waals surface area contributed by atoms with Crippen LogP contribution in [0.15, 0.2) is 79.1 Å². The van der Waals surface area contributed by atoms with Gasteiger partial charge >= 0.3 is 0 Å². The van der Waals surface area contributed by atoms with Crippen molar-refractivity contribution < 1.29 is 23.7 Å². The predicted octanol–water partition coefficient (Wildman–Crippen LogP) is 2.62. The molecule has 0 aliphatic carbocycles. The number of carbonyl (C=O) groups is 3. The molecule has 3 amide bonds. The first-order valence-electron chi connectivity index (χ1n) is 13.6. The fourth-order valence-electron chi connectivity index (χ4n) is 4.12. The van der Waals surface area contributed by atoms with E-state index in [2.05, 4.69) is 44.6 Å². The van der Waals surface area contributed by atoms with Gasteiger partial charge in [-0.15, -0.1) is 0 Å². The molecule has 1 heterocycles. The highest BCUT2D eigenvalue weighted by Crippen LogP contribution is 2.13. The Kier molecular flexibility index (Phi) is 12.0. The highest BCUT2D eigenvalue weighted by Gasteiger charge is 2.19. The van der Waals surface area contributed by atoms with Crippen LogP contribution >= 0.6 is 0 Å². The van der Waals surface area contributed by atoms with Gasteiger partial charge in [0, 0.05) is 50.3 Å². The third-order valence-electron chi connectivity index (χ3n) is 6.46. The standard InChI is InChI=1S/C31H39N5O4/c1-35(2)26-16-19-36(20-17-26)18-8-3-4-9-21-40-27-14-12-25(13-15-27)31(39)33-23-29(37)34-28(30(32)38)22-24-10-6-5-7-11-24/h5-7,10-17,19-20,28H,3-4,8-9,18,21-23H2,1-2H3,(H3-,32,33,34,37,38,39)/p+1/t28-/m0/s1. The molecule has 0 spiro atoms. The van der Waals surface area contributed by atoms with Crippen molar-refractivity contribution in [3.8, 4) is 5.75 Å². The molecule has 1 aromatic heterocycles. The highest BCUT2D eigenvalue weighted by atomic mass is 16.5. The van der Waals surface area contributed by atoms with Gasteiger partial charge in [0.2, 0.25) is 11.8 Å². The molecule has 0 aliphatic heterocycles. The van der Waals surface area contributed by atoms with Crippen LogP contribution in [-0.2, 0) is 22.6 Å². The van der Waals surface area contributed by atoms with Gasteiger partial charge in [-0.3, -0.25) is 14.4 Å². The van der Waals surface area contributed by atoms with Crippen LogP contribution < -0.4 is 30.6 Å². The topological polar surface area (TPSA) is 118 Å². The fraction of sp³-hybridized carbons (Fsp3) is 0.355. The van der Waals surface area contributed by atoms with Crippen molar-refractivity contribution in [3.05, 3.63) is 90.3 Å². The summed E-state index contributed by atoms with van der Waals surface area (Å²) >= 11 is 0. The summed E-state index contributed by atoms with van der Waals surface area (Å²) in [5.41, 5.74) is 7.91. The number of aromatic nitrogens is 1. The zero-order valence-electron chi connectivity index (χ0n) is 23.3. The molecule has 0 bridgehead atoms. The van der Waals surface area contributed by atoms with Crippen molar-refractivity contribution >= 4 is 23.4 Å². The first-order valence-corrected chi connectivity index (χ1v) is 13.6. The van der Waals surface area contributed by atoms with Crippen LogP contribution in [0.1, 0.15) is 41.6 Å². The molecule has 2 aromatic carbocycles. The number of anilines is 1. The quantitative estimate of drug-likeness (QED) is 0.189. The van der Waals surface area contributed by atoms with Crippen LogP contribution in [0.3, 0.4) is 0 Å². The summed E-state index contributed by atoms with van der Waals surface area (Å²) in [6.45, 7) is 1.34. The van der Waals surface area contributed by atoms with Crippen LogP contribution in [0.5, 0.6) is 5.75 Å². The van der Waals surface area contributed by atoms with Crippen LogP contribution in [0.2, 0.25) is 0 Å². The predicted molar refractivity (Wildman–Crippen MR) is 155 cm³/mol. The summed E-state index contributed by atoms with van der Waals surface area (Å²) < 4.78 is 8.01. The summed E-state index contributed by atoms with van der Waals surface area (Å²) in [6, 6.07) is 19.4. The number of aryl methyl sites for hydroxylation is 1. The second kappa shape index (κ2) is 15.9. The summed E-state index contributed by atoms with van der Waals surface area (Å²) in [4.78, 5) is 38.6. The molecule has 4 N–H and O–H groups in total. The van der Waals surface area contributed by atoms with Gasteiger partial charge in [-0.1, -0.05) is 30.3 Å². The Hall–Kier alpha value is -4.40. The van der Waals surface area contributed by atoms with E-state index in [-0.39, 0.29) is 13.0 Å². The van der Waals surface area contributed by atoms with Gasteiger partial charge in [0.15, 0.2) is 12.4 Å². The number of nitrogens with two attached hydrogens (primary N) is 1. The molecule has 0 radical (unpaired) electrons. The highest BCUT2D eigenvalue weighted by molar-refractivity contribution is 5.97. The van der Waals surface area contributed by atoms with E-state index < -0.39 is 23.8 Å². The lowest BCUT2D eigenvalue weighted by Crippen LogP contribution is -2.49. The van der Waals surface area contributed by atoms with Crippen molar-refractivity contribution in [1.29, 1.82) is 0 Å². The van der Waals surface area contributed by atoms with E-state index in [9.17, 15) is 14.4 Å². The number of hydrogen-bond donors (Lipinski definition) is 3. The Morgan fingerprint density at radius 2 is 1.57 bits per heavy atom. The third-order valence-corrected chi connectivity index (χ3v) is 6.46. The molecule has 0 unspecified atom stereocenters. The van der Waals surface area contributed by atoms with Crippen molar-refractivity contribution in [1.82, 2.24) is 10.6 Å². The van der Waals surface area contributed by atoms with Crippen LogP contribution in [0, 0.1) is 0 Å². The number of amides is 3. The number of pyridine rings is 1. The maximum Gasteiger partial charge on any atom is 0.251 e. The van der Waals surface area contributed by atoms with Gasteiger partial charge in [-0.2, -0.15) is 0 Å². The third kappa shape index (κ3) is 10.4. The van der Waals surface area contributed by atoms with Gasteiger partial charge in [0.1, 0.15) is 18.3 Å².